The highest BCUT2D eigenvalue weighted by Gasteiger charge is 2.36. The third kappa shape index (κ3) is 7.83. The lowest BCUT2D eigenvalue weighted by Crippen LogP contribution is -2.55. The maximum atomic E-state index is 12.6. The summed E-state index contributed by atoms with van der Waals surface area (Å²) in [6.07, 6.45) is 0.0808. The summed E-state index contributed by atoms with van der Waals surface area (Å²) in [6, 6.07) is 18.2. The molecule has 0 unspecified atom stereocenters. The van der Waals surface area contributed by atoms with Crippen LogP contribution in [-0.4, -0.2) is 39.7 Å². The van der Waals surface area contributed by atoms with Gasteiger partial charge in [-0.1, -0.05) is 60.7 Å². The van der Waals surface area contributed by atoms with E-state index >= 15 is 0 Å². The smallest absolute Gasteiger partial charge is 0.396 e. The highest BCUT2D eigenvalue weighted by molar-refractivity contribution is 6.66. The van der Waals surface area contributed by atoms with Gasteiger partial charge in [0.25, 0.3) is 0 Å². The van der Waals surface area contributed by atoms with E-state index in [0.29, 0.717) is 25.9 Å². The number of piperidine rings is 1. The van der Waals surface area contributed by atoms with Crippen LogP contribution in [0.15, 0.2) is 60.7 Å². The molecule has 1 aliphatic rings. The fourth-order valence-electron chi connectivity index (χ4n) is 3.34. The lowest BCUT2D eigenvalue weighted by Gasteiger charge is -2.35. The van der Waals surface area contributed by atoms with E-state index in [-0.39, 0.29) is 18.6 Å². The molecule has 2 N–H and O–H groups in total. The number of rotatable bonds is 7. The van der Waals surface area contributed by atoms with Crippen LogP contribution in [0.1, 0.15) is 24.0 Å². The fraction of sp³-hybridized carbons (Fsp3) is 0.364. The van der Waals surface area contributed by atoms with Gasteiger partial charge in [-0.2, -0.15) is 5.06 Å². The van der Waals surface area contributed by atoms with Crippen LogP contribution in [0.2, 0.25) is 0 Å². The summed E-state index contributed by atoms with van der Waals surface area (Å²) in [5.41, 5.74) is 1.88. The van der Waals surface area contributed by atoms with Crippen molar-refractivity contribution in [2.45, 2.75) is 42.1 Å². The summed E-state index contributed by atoms with van der Waals surface area (Å²) in [4.78, 5) is 30.8. The van der Waals surface area contributed by atoms with Gasteiger partial charge in [-0.25, -0.2) is 4.79 Å². The first-order valence-electron chi connectivity index (χ1n) is 10.1. The third-order valence-electron chi connectivity index (χ3n) is 4.94. The van der Waals surface area contributed by atoms with Gasteiger partial charge in [0.1, 0.15) is 6.61 Å². The molecule has 10 heteroatoms. The predicted molar refractivity (Wildman–Crippen MR) is 123 cm³/mol. The van der Waals surface area contributed by atoms with Crippen LogP contribution < -0.4 is 10.6 Å². The van der Waals surface area contributed by atoms with E-state index in [1.807, 2.05) is 60.7 Å². The number of nitrogens with zero attached hydrogens (tertiary/aromatic N) is 1. The average molecular weight is 501 g/mol. The van der Waals surface area contributed by atoms with E-state index in [2.05, 4.69) is 10.6 Å². The Morgan fingerprint density at radius 3 is 2.19 bits per heavy atom. The SMILES string of the molecule is O=C(NCc1ccccc1)[C@@H]1CC[C@@H](N(OCc2ccccc2)C(=O)OC(Cl)(Cl)Cl)CN1. The number of amides is 2. The molecule has 2 atom stereocenters. The zero-order valence-electron chi connectivity index (χ0n) is 17.2. The largest absolute Gasteiger partial charge is 0.437 e. The Morgan fingerprint density at radius 1 is 1.00 bits per heavy atom. The number of hydroxylamine groups is 2. The van der Waals surface area contributed by atoms with Crippen molar-refractivity contribution in [3.05, 3.63) is 71.8 Å². The summed E-state index contributed by atoms with van der Waals surface area (Å²) in [5.74, 6) is -0.104. The van der Waals surface area contributed by atoms with Crippen molar-refractivity contribution in [2.75, 3.05) is 6.54 Å². The van der Waals surface area contributed by atoms with E-state index in [1.165, 1.54) is 0 Å². The molecule has 2 aromatic carbocycles. The highest BCUT2D eigenvalue weighted by atomic mass is 35.6. The molecular weight excluding hydrogens is 477 g/mol. The standard InChI is InChI=1S/C22H24Cl3N3O4/c23-22(24,25)32-21(30)28(31-15-17-9-5-2-6-10-17)18-11-12-19(26-14-18)20(29)27-13-16-7-3-1-4-8-16/h1-10,18-19,26H,11-15H2,(H,27,29)/t18-,19+/m1/s1. The highest BCUT2D eigenvalue weighted by Crippen LogP contribution is 2.29. The molecule has 0 aliphatic carbocycles. The Balaban J connectivity index is 1.56. The molecule has 3 rings (SSSR count). The Labute approximate surface area is 201 Å². The fourth-order valence-corrected chi connectivity index (χ4v) is 3.54. The second-order valence-corrected chi connectivity index (χ2v) is 9.47. The lowest BCUT2D eigenvalue weighted by atomic mass is 10.00. The third-order valence-corrected chi connectivity index (χ3v) is 5.17. The zero-order chi connectivity index (χ0) is 23.0. The Morgan fingerprint density at radius 2 is 1.62 bits per heavy atom. The second kappa shape index (κ2) is 11.7. The number of ether oxygens (including phenoxy) is 1. The maximum Gasteiger partial charge on any atom is 0.437 e. The van der Waals surface area contributed by atoms with Crippen LogP contribution >= 0.6 is 34.8 Å². The summed E-state index contributed by atoms with van der Waals surface area (Å²) in [7, 11) is 0. The van der Waals surface area contributed by atoms with Gasteiger partial charge in [0.05, 0.1) is 12.1 Å². The van der Waals surface area contributed by atoms with Crippen molar-refractivity contribution in [1.82, 2.24) is 15.7 Å². The first kappa shape index (κ1) is 24.6. The zero-order valence-corrected chi connectivity index (χ0v) is 19.4. The van der Waals surface area contributed by atoms with Gasteiger partial charge in [-0.3, -0.25) is 9.63 Å². The first-order valence-corrected chi connectivity index (χ1v) is 11.3. The average Bonchev–Trinajstić information content (AvgIpc) is 2.78. The Kier molecular flexibility index (Phi) is 9.02. The van der Waals surface area contributed by atoms with Crippen molar-refractivity contribution in [2.24, 2.45) is 0 Å². The molecule has 0 aromatic heterocycles. The molecule has 1 fully saturated rings. The number of alkyl halides is 3. The van der Waals surface area contributed by atoms with Crippen LogP contribution in [0, 0.1) is 0 Å². The number of benzene rings is 2. The van der Waals surface area contributed by atoms with Crippen molar-refractivity contribution < 1.29 is 19.2 Å². The molecule has 1 heterocycles. The molecule has 2 aromatic rings. The van der Waals surface area contributed by atoms with Gasteiger partial charge >= 0.3 is 10.1 Å². The summed E-state index contributed by atoms with van der Waals surface area (Å²) < 4.78 is 2.64. The topological polar surface area (TPSA) is 79.9 Å². The van der Waals surface area contributed by atoms with Gasteiger partial charge < -0.3 is 15.4 Å². The van der Waals surface area contributed by atoms with Crippen molar-refractivity contribution >= 4 is 46.8 Å². The number of hydrogen-bond acceptors (Lipinski definition) is 5. The lowest BCUT2D eigenvalue weighted by molar-refractivity contribution is -0.175. The van der Waals surface area contributed by atoms with Crippen molar-refractivity contribution in [3.8, 4) is 0 Å². The molecule has 0 bridgehead atoms. The molecule has 0 spiro atoms. The number of carbonyl (C=O) groups excluding carboxylic acids is 2. The van der Waals surface area contributed by atoms with E-state index in [9.17, 15) is 9.59 Å². The van der Waals surface area contributed by atoms with Gasteiger partial charge in [0, 0.05) is 13.1 Å². The van der Waals surface area contributed by atoms with Gasteiger partial charge in [0.2, 0.25) is 5.91 Å². The van der Waals surface area contributed by atoms with E-state index in [1.54, 1.807) is 0 Å². The van der Waals surface area contributed by atoms with Gasteiger partial charge in [-0.15, -0.1) is 0 Å². The molecule has 0 saturated carbocycles. The minimum absolute atomic E-state index is 0.104. The maximum absolute atomic E-state index is 12.6. The van der Waals surface area contributed by atoms with Crippen molar-refractivity contribution in [1.29, 1.82) is 0 Å². The molecule has 0 radical (unpaired) electrons. The second-order valence-electron chi connectivity index (χ2n) is 7.29. The molecule has 172 valence electrons. The number of hydrogen-bond donors (Lipinski definition) is 2. The van der Waals surface area contributed by atoms with Gasteiger partial charge in [-0.05, 0) is 58.8 Å². The molecule has 1 aliphatic heterocycles. The Hall–Kier alpha value is -2.03. The number of halogens is 3. The molecule has 32 heavy (non-hydrogen) atoms. The summed E-state index contributed by atoms with van der Waals surface area (Å²) >= 11 is 16.8. The monoisotopic (exact) mass is 499 g/mol. The number of nitrogens with one attached hydrogen (secondary N) is 2. The summed E-state index contributed by atoms with van der Waals surface area (Å²) in [6.45, 7) is 0.892. The molecule has 7 nitrogen and oxygen atoms in total. The van der Waals surface area contributed by atoms with Crippen molar-refractivity contribution in [3.63, 3.8) is 0 Å². The van der Waals surface area contributed by atoms with Crippen LogP contribution in [-0.2, 0) is 27.5 Å². The first-order chi connectivity index (χ1) is 15.3. The minimum atomic E-state index is -2.21. The molecular formula is C22H24Cl3N3O4. The normalized spacial score (nSPS) is 18.6. The molecule has 1 saturated heterocycles. The summed E-state index contributed by atoms with van der Waals surface area (Å²) in [5, 5.41) is 7.15. The van der Waals surface area contributed by atoms with E-state index in [0.717, 1.165) is 16.2 Å². The van der Waals surface area contributed by atoms with Crippen LogP contribution in [0.4, 0.5) is 4.79 Å². The quantitative estimate of drug-likeness (QED) is 0.437. The predicted octanol–water partition coefficient (Wildman–Crippen LogP) is 4.32. The van der Waals surface area contributed by atoms with E-state index in [4.69, 9.17) is 44.4 Å². The van der Waals surface area contributed by atoms with Crippen LogP contribution in [0.5, 0.6) is 0 Å². The van der Waals surface area contributed by atoms with Crippen LogP contribution in [0.3, 0.4) is 0 Å². The van der Waals surface area contributed by atoms with Gasteiger partial charge in [0.15, 0.2) is 0 Å². The minimum Gasteiger partial charge on any atom is -0.396 e. The van der Waals surface area contributed by atoms with Crippen LogP contribution in [0.25, 0.3) is 0 Å². The Bertz CT molecular complexity index is 873. The molecule has 2 amide bonds. The van der Waals surface area contributed by atoms with E-state index < -0.39 is 16.1 Å². The number of carbonyl (C=O) groups is 2.